The molecule has 2 unspecified atom stereocenters. The van der Waals surface area contributed by atoms with Crippen molar-refractivity contribution in [3.8, 4) is 5.75 Å². The first-order chi connectivity index (χ1) is 12.5. The fourth-order valence-corrected chi connectivity index (χ4v) is 3.31. The van der Waals surface area contributed by atoms with Crippen LogP contribution in [0.5, 0.6) is 5.75 Å². The number of furan rings is 1. The van der Waals surface area contributed by atoms with E-state index in [1.807, 2.05) is 32.0 Å². The summed E-state index contributed by atoms with van der Waals surface area (Å²) >= 11 is 3.46. The van der Waals surface area contributed by atoms with Crippen molar-refractivity contribution in [3.63, 3.8) is 0 Å². The molecule has 3 rings (SSSR count). The molecule has 138 valence electrons. The first-order valence-electron chi connectivity index (χ1n) is 8.52. The molecule has 1 aliphatic heterocycles. The fraction of sp³-hybridized carbons (Fsp3) is 0.368. The summed E-state index contributed by atoms with van der Waals surface area (Å²) in [5, 5.41) is 5.81. The Labute approximate surface area is 160 Å². The largest absolute Gasteiger partial charge is 0.493 e. The smallest absolute Gasteiger partial charge is 0.287 e. The SMILES string of the molecule is CC(C)C(NC(=O)c1ccco1)C(=O)NC1CCOc2ccc(Br)cc21. The highest BCUT2D eigenvalue weighted by Crippen LogP contribution is 2.34. The molecule has 2 heterocycles. The lowest BCUT2D eigenvalue weighted by Crippen LogP contribution is -2.50. The molecular formula is C19H21BrN2O4. The van der Waals surface area contributed by atoms with Crippen LogP contribution in [-0.4, -0.2) is 24.5 Å². The molecule has 1 aromatic carbocycles. The Hall–Kier alpha value is -2.28. The van der Waals surface area contributed by atoms with Gasteiger partial charge in [-0.2, -0.15) is 0 Å². The highest BCUT2D eigenvalue weighted by Gasteiger charge is 2.30. The zero-order chi connectivity index (χ0) is 18.7. The molecule has 1 aliphatic rings. The second-order valence-corrected chi connectivity index (χ2v) is 7.47. The normalized spacial score (nSPS) is 17.2. The van der Waals surface area contributed by atoms with Crippen molar-refractivity contribution in [2.24, 2.45) is 5.92 Å². The summed E-state index contributed by atoms with van der Waals surface area (Å²) in [5.74, 6) is 0.252. The molecule has 1 aromatic heterocycles. The van der Waals surface area contributed by atoms with Gasteiger partial charge in [0.2, 0.25) is 5.91 Å². The molecule has 0 bridgehead atoms. The summed E-state index contributed by atoms with van der Waals surface area (Å²) in [6.07, 6.45) is 2.10. The Balaban J connectivity index is 1.73. The van der Waals surface area contributed by atoms with Crippen LogP contribution in [0, 0.1) is 5.92 Å². The summed E-state index contributed by atoms with van der Waals surface area (Å²) in [6, 6.07) is 8.12. The number of hydrogen-bond acceptors (Lipinski definition) is 4. The minimum atomic E-state index is -0.661. The third kappa shape index (κ3) is 4.09. The molecule has 0 saturated carbocycles. The average Bonchev–Trinajstić information content (AvgIpc) is 3.14. The third-order valence-corrected chi connectivity index (χ3v) is 4.80. The third-order valence-electron chi connectivity index (χ3n) is 4.31. The second kappa shape index (κ2) is 7.95. The lowest BCUT2D eigenvalue weighted by molar-refractivity contribution is -0.124. The van der Waals surface area contributed by atoms with Gasteiger partial charge in [-0.1, -0.05) is 29.8 Å². The van der Waals surface area contributed by atoms with Gasteiger partial charge in [0.05, 0.1) is 18.9 Å². The van der Waals surface area contributed by atoms with Gasteiger partial charge >= 0.3 is 0 Å². The Kier molecular flexibility index (Phi) is 5.66. The molecule has 0 fully saturated rings. The van der Waals surface area contributed by atoms with Crippen LogP contribution in [0.1, 0.15) is 42.4 Å². The van der Waals surface area contributed by atoms with Crippen LogP contribution in [0.15, 0.2) is 45.5 Å². The summed E-state index contributed by atoms with van der Waals surface area (Å²) < 4.78 is 11.7. The van der Waals surface area contributed by atoms with Crippen LogP contribution in [0.2, 0.25) is 0 Å². The van der Waals surface area contributed by atoms with Crippen LogP contribution in [0.3, 0.4) is 0 Å². The molecule has 2 atom stereocenters. The number of fused-ring (bicyclic) bond motifs is 1. The van der Waals surface area contributed by atoms with Crippen LogP contribution in [-0.2, 0) is 4.79 Å². The maximum absolute atomic E-state index is 12.8. The minimum Gasteiger partial charge on any atom is -0.493 e. The van der Waals surface area contributed by atoms with Gasteiger partial charge in [0, 0.05) is 16.5 Å². The van der Waals surface area contributed by atoms with Gasteiger partial charge < -0.3 is 19.8 Å². The number of nitrogens with one attached hydrogen (secondary N) is 2. The van der Waals surface area contributed by atoms with Gasteiger partial charge in [0.15, 0.2) is 5.76 Å². The molecule has 0 saturated heterocycles. The molecule has 2 amide bonds. The van der Waals surface area contributed by atoms with E-state index in [-0.39, 0.29) is 23.6 Å². The Morgan fingerprint density at radius 1 is 1.27 bits per heavy atom. The molecule has 0 aliphatic carbocycles. The molecular weight excluding hydrogens is 400 g/mol. The van der Waals surface area contributed by atoms with E-state index < -0.39 is 11.9 Å². The number of amides is 2. The average molecular weight is 421 g/mol. The van der Waals surface area contributed by atoms with E-state index in [1.165, 1.54) is 6.26 Å². The van der Waals surface area contributed by atoms with Gasteiger partial charge in [0.1, 0.15) is 11.8 Å². The van der Waals surface area contributed by atoms with Crippen molar-refractivity contribution in [2.45, 2.75) is 32.4 Å². The number of rotatable bonds is 5. The highest BCUT2D eigenvalue weighted by atomic mass is 79.9. The Morgan fingerprint density at radius 2 is 2.08 bits per heavy atom. The fourth-order valence-electron chi connectivity index (χ4n) is 2.93. The first-order valence-corrected chi connectivity index (χ1v) is 9.32. The molecule has 0 spiro atoms. The summed E-state index contributed by atoms with van der Waals surface area (Å²) in [4.78, 5) is 25.1. The van der Waals surface area contributed by atoms with Gasteiger partial charge in [-0.05, 0) is 36.2 Å². The lowest BCUT2D eigenvalue weighted by Gasteiger charge is -2.29. The van der Waals surface area contributed by atoms with E-state index in [1.54, 1.807) is 12.1 Å². The second-order valence-electron chi connectivity index (χ2n) is 6.55. The monoisotopic (exact) mass is 420 g/mol. The van der Waals surface area contributed by atoms with Crippen molar-refractivity contribution >= 4 is 27.7 Å². The summed E-state index contributed by atoms with van der Waals surface area (Å²) in [7, 11) is 0. The molecule has 2 N–H and O–H groups in total. The number of hydrogen-bond donors (Lipinski definition) is 2. The van der Waals surface area contributed by atoms with Gasteiger partial charge in [-0.25, -0.2) is 0 Å². The van der Waals surface area contributed by atoms with E-state index in [9.17, 15) is 9.59 Å². The predicted octanol–water partition coefficient (Wildman–Crippen LogP) is 3.44. The zero-order valence-corrected chi connectivity index (χ0v) is 16.2. The number of carbonyl (C=O) groups is 2. The van der Waals surface area contributed by atoms with Gasteiger partial charge in [-0.15, -0.1) is 0 Å². The van der Waals surface area contributed by atoms with Crippen molar-refractivity contribution < 1.29 is 18.7 Å². The lowest BCUT2D eigenvalue weighted by atomic mass is 9.98. The summed E-state index contributed by atoms with van der Waals surface area (Å²) in [5.41, 5.74) is 0.929. The number of halogens is 1. The van der Waals surface area contributed by atoms with Crippen molar-refractivity contribution in [1.29, 1.82) is 0 Å². The van der Waals surface area contributed by atoms with Crippen LogP contribution >= 0.6 is 15.9 Å². The first kappa shape index (κ1) is 18.5. The zero-order valence-electron chi connectivity index (χ0n) is 14.6. The van der Waals surface area contributed by atoms with Crippen molar-refractivity contribution in [2.75, 3.05) is 6.61 Å². The van der Waals surface area contributed by atoms with Gasteiger partial charge in [-0.3, -0.25) is 9.59 Å². The van der Waals surface area contributed by atoms with Crippen LogP contribution in [0.25, 0.3) is 0 Å². The molecule has 0 radical (unpaired) electrons. The van der Waals surface area contributed by atoms with Crippen LogP contribution < -0.4 is 15.4 Å². The quantitative estimate of drug-likeness (QED) is 0.775. The van der Waals surface area contributed by atoms with Crippen molar-refractivity contribution in [3.05, 3.63) is 52.4 Å². The number of benzene rings is 1. The van der Waals surface area contributed by atoms with E-state index in [0.29, 0.717) is 13.0 Å². The molecule has 7 heteroatoms. The maximum Gasteiger partial charge on any atom is 0.287 e. The highest BCUT2D eigenvalue weighted by molar-refractivity contribution is 9.10. The Morgan fingerprint density at radius 3 is 2.77 bits per heavy atom. The number of ether oxygens (including phenoxy) is 1. The van der Waals surface area contributed by atoms with E-state index in [2.05, 4.69) is 26.6 Å². The topological polar surface area (TPSA) is 80.6 Å². The van der Waals surface area contributed by atoms with E-state index in [4.69, 9.17) is 9.15 Å². The van der Waals surface area contributed by atoms with E-state index in [0.717, 1.165) is 15.8 Å². The molecule has 6 nitrogen and oxygen atoms in total. The van der Waals surface area contributed by atoms with Gasteiger partial charge in [0.25, 0.3) is 5.91 Å². The standard InChI is InChI=1S/C19H21BrN2O4/c1-11(2)17(22-18(23)16-4-3-8-25-16)19(24)21-14-7-9-26-15-6-5-12(20)10-13(14)15/h3-6,8,10-11,14,17H,7,9H2,1-2H3,(H,21,24)(H,22,23). The number of carbonyl (C=O) groups excluding carboxylic acids is 2. The molecule has 26 heavy (non-hydrogen) atoms. The Bertz CT molecular complexity index is 789. The minimum absolute atomic E-state index is 0.0734. The van der Waals surface area contributed by atoms with Crippen LogP contribution in [0.4, 0.5) is 0 Å². The maximum atomic E-state index is 12.8. The molecule has 2 aromatic rings. The van der Waals surface area contributed by atoms with Crippen molar-refractivity contribution in [1.82, 2.24) is 10.6 Å². The predicted molar refractivity (Wildman–Crippen MR) is 99.9 cm³/mol. The summed E-state index contributed by atoms with van der Waals surface area (Å²) in [6.45, 7) is 4.31. The van der Waals surface area contributed by atoms with E-state index >= 15 is 0 Å².